The monoisotopic (exact) mass is 462 g/mol. The standard InChI is InChI=1S/C28H34N2O4/c1-19(29-17-27(33)24-11-12-26(32)25(16-24)18-31)13-21-7-6-8-22(14-21)15-28(34)30-20(2)23-9-4-3-5-10-23/h3-12,14,16,19-20,27,29,31-33H,13,15,17-18H2,1-2H3,(H,30,34)/t19?,20?,27-/m0/s1. The second-order valence-electron chi connectivity index (χ2n) is 8.77. The van der Waals surface area contributed by atoms with Crippen LogP contribution < -0.4 is 10.6 Å². The smallest absolute Gasteiger partial charge is 0.224 e. The highest BCUT2D eigenvalue weighted by Crippen LogP contribution is 2.22. The Hall–Kier alpha value is -3.19. The lowest BCUT2D eigenvalue weighted by Crippen LogP contribution is -2.32. The molecule has 0 aliphatic carbocycles. The average molecular weight is 463 g/mol. The van der Waals surface area contributed by atoms with E-state index >= 15 is 0 Å². The number of nitrogens with one attached hydrogen (secondary N) is 2. The number of benzene rings is 3. The minimum absolute atomic E-state index is 0.0149. The Balaban J connectivity index is 1.50. The first kappa shape index (κ1) is 25.4. The van der Waals surface area contributed by atoms with Gasteiger partial charge < -0.3 is 26.0 Å². The van der Waals surface area contributed by atoms with E-state index in [0.717, 1.165) is 23.1 Å². The normalized spacial score (nSPS) is 13.8. The molecule has 0 radical (unpaired) electrons. The van der Waals surface area contributed by atoms with Crippen molar-refractivity contribution in [1.82, 2.24) is 10.6 Å². The molecule has 0 aromatic heterocycles. The second-order valence-corrected chi connectivity index (χ2v) is 8.77. The molecular formula is C28H34N2O4. The molecule has 0 spiro atoms. The lowest BCUT2D eigenvalue weighted by atomic mass is 10.0. The minimum Gasteiger partial charge on any atom is -0.508 e. The second kappa shape index (κ2) is 12.3. The van der Waals surface area contributed by atoms with Crippen molar-refractivity contribution in [2.45, 2.75) is 51.5 Å². The van der Waals surface area contributed by atoms with E-state index in [-0.39, 0.29) is 30.3 Å². The highest BCUT2D eigenvalue weighted by atomic mass is 16.3. The minimum atomic E-state index is -0.755. The van der Waals surface area contributed by atoms with Crippen molar-refractivity contribution in [3.63, 3.8) is 0 Å². The molecule has 2 unspecified atom stereocenters. The molecule has 0 saturated heterocycles. The first-order valence-corrected chi connectivity index (χ1v) is 11.6. The number of phenols is 1. The molecule has 180 valence electrons. The van der Waals surface area contributed by atoms with E-state index in [1.807, 2.05) is 62.4 Å². The molecular weight excluding hydrogens is 428 g/mol. The van der Waals surface area contributed by atoms with Crippen LogP contribution in [-0.2, 0) is 24.2 Å². The summed E-state index contributed by atoms with van der Waals surface area (Å²) in [7, 11) is 0. The lowest BCUT2D eigenvalue weighted by Gasteiger charge is -2.19. The van der Waals surface area contributed by atoms with Crippen LogP contribution in [0.1, 0.15) is 53.8 Å². The van der Waals surface area contributed by atoms with Crippen molar-refractivity contribution in [2.75, 3.05) is 6.54 Å². The van der Waals surface area contributed by atoms with Gasteiger partial charge in [-0.1, -0.05) is 60.7 Å². The summed E-state index contributed by atoms with van der Waals surface area (Å²) in [4.78, 5) is 12.5. The largest absolute Gasteiger partial charge is 0.508 e. The molecule has 0 heterocycles. The van der Waals surface area contributed by atoms with Crippen molar-refractivity contribution in [3.8, 4) is 5.75 Å². The molecule has 6 nitrogen and oxygen atoms in total. The van der Waals surface area contributed by atoms with Crippen LogP contribution in [0.2, 0.25) is 0 Å². The number of aliphatic hydroxyl groups is 2. The summed E-state index contributed by atoms with van der Waals surface area (Å²) in [6.07, 6.45) is 0.314. The number of hydrogen-bond acceptors (Lipinski definition) is 5. The van der Waals surface area contributed by atoms with Gasteiger partial charge in [0, 0.05) is 18.2 Å². The van der Waals surface area contributed by atoms with E-state index in [9.17, 15) is 20.1 Å². The van der Waals surface area contributed by atoms with Gasteiger partial charge in [-0.25, -0.2) is 0 Å². The zero-order valence-corrected chi connectivity index (χ0v) is 19.7. The SMILES string of the molecule is CC(Cc1cccc(CC(=O)NC(C)c2ccccc2)c1)NC[C@H](O)c1ccc(O)c(CO)c1. The zero-order valence-electron chi connectivity index (χ0n) is 19.7. The van der Waals surface area contributed by atoms with Gasteiger partial charge in [-0.3, -0.25) is 4.79 Å². The Morgan fingerprint density at radius 1 is 0.912 bits per heavy atom. The fraction of sp³-hybridized carbons (Fsp3) is 0.321. The number of carbonyl (C=O) groups is 1. The van der Waals surface area contributed by atoms with Gasteiger partial charge in [0.15, 0.2) is 0 Å². The van der Waals surface area contributed by atoms with Crippen molar-refractivity contribution in [3.05, 3.63) is 101 Å². The van der Waals surface area contributed by atoms with Crippen LogP contribution in [0.3, 0.4) is 0 Å². The van der Waals surface area contributed by atoms with Crippen molar-refractivity contribution < 1.29 is 20.1 Å². The lowest BCUT2D eigenvalue weighted by molar-refractivity contribution is -0.121. The number of hydrogen-bond donors (Lipinski definition) is 5. The van der Waals surface area contributed by atoms with E-state index < -0.39 is 6.10 Å². The maximum atomic E-state index is 12.5. The van der Waals surface area contributed by atoms with Gasteiger partial charge >= 0.3 is 0 Å². The zero-order chi connectivity index (χ0) is 24.5. The van der Waals surface area contributed by atoms with E-state index in [4.69, 9.17) is 0 Å². The Labute approximate surface area is 201 Å². The third-order valence-electron chi connectivity index (χ3n) is 5.89. The molecule has 3 rings (SSSR count). The van der Waals surface area contributed by atoms with Crippen molar-refractivity contribution in [2.24, 2.45) is 0 Å². The van der Waals surface area contributed by atoms with Gasteiger partial charge in [0.1, 0.15) is 5.75 Å². The summed E-state index contributed by atoms with van der Waals surface area (Å²) in [6, 6.07) is 22.7. The molecule has 1 amide bonds. The van der Waals surface area contributed by atoms with Crippen LogP contribution in [-0.4, -0.2) is 33.8 Å². The van der Waals surface area contributed by atoms with E-state index in [2.05, 4.69) is 16.7 Å². The van der Waals surface area contributed by atoms with Crippen LogP contribution in [0.5, 0.6) is 5.75 Å². The number of aromatic hydroxyl groups is 1. The molecule has 0 fully saturated rings. The van der Waals surface area contributed by atoms with E-state index in [1.54, 1.807) is 12.1 Å². The van der Waals surface area contributed by atoms with Crippen LogP contribution >= 0.6 is 0 Å². The first-order valence-electron chi connectivity index (χ1n) is 11.6. The molecule has 3 atom stereocenters. The summed E-state index contributed by atoms with van der Waals surface area (Å²) >= 11 is 0. The fourth-order valence-electron chi connectivity index (χ4n) is 3.97. The molecule has 6 heteroatoms. The Bertz CT molecular complexity index is 1070. The summed E-state index contributed by atoms with van der Waals surface area (Å²) in [5.41, 5.74) is 4.18. The number of aliphatic hydroxyl groups excluding tert-OH is 2. The Morgan fingerprint density at radius 3 is 2.38 bits per heavy atom. The maximum absolute atomic E-state index is 12.5. The molecule has 0 bridgehead atoms. The van der Waals surface area contributed by atoms with Crippen LogP contribution in [0.15, 0.2) is 72.8 Å². The highest BCUT2D eigenvalue weighted by molar-refractivity contribution is 5.79. The van der Waals surface area contributed by atoms with E-state index in [0.29, 0.717) is 24.1 Å². The highest BCUT2D eigenvalue weighted by Gasteiger charge is 2.13. The first-order chi connectivity index (χ1) is 16.4. The third-order valence-corrected chi connectivity index (χ3v) is 5.89. The summed E-state index contributed by atoms with van der Waals surface area (Å²) in [5, 5.41) is 35.8. The van der Waals surface area contributed by atoms with Gasteiger partial charge in [0.2, 0.25) is 5.91 Å². The van der Waals surface area contributed by atoms with Gasteiger partial charge in [-0.2, -0.15) is 0 Å². The van der Waals surface area contributed by atoms with Crippen LogP contribution in [0.25, 0.3) is 0 Å². The summed E-state index contributed by atoms with van der Waals surface area (Å²) in [6.45, 7) is 4.09. The Kier molecular flexibility index (Phi) is 9.22. The van der Waals surface area contributed by atoms with Gasteiger partial charge in [-0.05, 0) is 54.7 Å². The topological polar surface area (TPSA) is 102 Å². The molecule has 3 aromatic rings. The maximum Gasteiger partial charge on any atom is 0.224 e. The molecule has 34 heavy (non-hydrogen) atoms. The molecule has 0 aliphatic heterocycles. The molecule has 5 N–H and O–H groups in total. The van der Waals surface area contributed by atoms with Gasteiger partial charge in [0.25, 0.3) is 0 Å². The van der Waals surface area contributed by atoms with Crippen molar-refractivity contribution in [1.29, 1.82) is 0 Å². The number of carbonyl (C=O) groups excluding carboxylic acids is 1. The van der Waals surface area contributed by atoms with Crippen LogP contribution in [0, 0.1) is 0 Å². The summed E-state index contributed by atoms with van der Waals surface area (Å²) < 4.78 is 0. The van der Waals surface area contributed by atoms with Crippen LogP contribution in [0.4, 0.5) is 0 Å². The quantitative estimate of drug-likeness (QED) is 0.300. The molecule has 0 saturated carbocycles. The third kappa shape index (κ3) is 7.42. The predicted octanol–water partition coefficient (Wildman–Crippen LogP) is 3.56. The van der Waals surface area contributed by atoms with E-state index in [1.165, 1.54) is 6.07 Å². The predicted molar refractivity (Wildman–Crippen MR) is 133 cm³/mol. The average Bonchev–Trinajstić information content (AvgIpc) is 2.83. The van der Waals surface area contributed by atoms with Crippen molar-refractivity contribution >= 4 is 5.91 Å². The fourth-order valence-corrected chi connectivity index (χ4v) is 3.97. The molecule has 3 aromatic carbocycles. The Morgan fingerprint density at radius 2 is 1.65 bits per heavy atom. The summed E-state index contributed by atoms with van der Waals surface area (Å²) in [5.74, 6) is 0.00168. The molecule has 0 aliphatic rings. The van der Waals surface area contributed by atoms with Gasteiger partial charge in [-0.15, -0.1) is 0 Å². The number of rotatable bonds is 11. The van der Waals surface area contributed by atoms with Gasteiger partial charge in [0.05, 0.1) is 25.2 Å². The number of amides is 1.